The van der Waals surface area contributed by atoms with E-state index in [0.717, 1.165) is 55.6 Å². The van der Waals surface area contributed by atoms with Crippen molar-refractivity contribution in [2.75, 3.05) is 0 Å². The fourth-order valence-corrected chi connectivity index (χ4v) is 5.90. The summed E-state index contributed by atoms with van der Waals surface area (Å²) in [6, 6.07) is 8.67. The summed E-state index contributed by atoms with van der Waals surface area (Å²) in [4.78, 5) is 25.5. The molecule has 4 heterocycles. The van der Waals surface area contributed by atoms with Gasteiger partial charge in [0.15, 0.2) is 11.0 Å². The molecule has 1 aliphatic carbocycles. The summed E-state index contributed by atoms with van der Waals surface area (Å²) in [5.41, 5.74) is 3.11. The number of hydrogen-bond acceptors (Lipinski definition) is 6. The van der Waals surface area contributed by atoms with E-state index in [4.69, 9.17) is 4.98 Å². The lowest BCUT2D eigenvalue weighted by atomic mass is 10.1. The molecule has 2 N–H and O–H groups in total. The second-order valence-corrected chi connectivity index (χ2v) is 10.1. The highest BCUT2D eigenvalue weighted by Gasteiger charge is 2.31. The molecule has 31 heavy (non-hydrogen) atoms. The number of aryl methyl sites for hydroxylation is 2. The van der Waals surface area contributed by atoms with Crippen LogP contribution < -0.4 is 5.56 Å². The summed E-state index contributed by atoms with van der Waals surface area (Å²) >= 11 is 3.14. The first kappa shape index (κ1) is 18.8. The van der Waals surface area contributed by atoms with Gasteiger partial charge in [-0.3, -0.25) is 9.36 Å². The number of hydrogen-bond donors (Lipinski definition) is 2. The summed E-state index contributed by atoms with van der Waals surface area (Å²) in [7, 11) is 0. The topological polar surface area (TPSA) is 92.2 Å². The van der Waals surface area contributed by atoms with Crippen LogP contribution in [-0.4, -0.2) is 29.7 Å². The van der Waals surface area contributed by atoms with Crippen LogP contribution in [0.3, 0.4) is 0 Å². The zero-order valence-electron chi connectivity index (χ0n) is 17.1. The average molecular weight is 449 g/mol. The van der Waals surface area contributed by atoms with Crippen LogP contribution in [0.2, 0.25) is 0 Å². The van der Waals surface area contributed by atoms with Crippen LogP contribution in [-0.2, 0) is 5.75 Å². The fourth-order valence-electron chi connectivity index (χ4n) is 3.98. The second kappa shape index (κ2) is 7.06. The molecule has 1 aliphatic rings. The number of H-pyrrole nitrogens is 2. The maximum absolute atomic E-state index is 12.6. The number of thiophene rings is 1. The highest BCUT2D eigenvalue weighted by molar-refractivity contribution is 7.98. The number of nitrogens with one attached hydrogen (secondary N) is 2. The average Bonchev–Trinajstić information content (AvgIpc) is 3.25. The quantitative estimate of drug-likeness (QED) is 0.370. The van der Waals surface area contributed by atoms with E-state index in [0.29, 0.717) is 23.0 Å². The van der Waals surface area contributed by atoms with Crippen LogP contribution in [0.1, 0.15) is 35.1 Å². The zero-order chi connectivity index (χ0) is 21.1. The van der Waals surface area contributed by atoms with E-state index >= 15 is 0 Å². The third kappa shape index (κ3) is 3.11. The molecule has 0 spiro atoms. The molecule has 9 heteroatoms. The minimum Gasteiger partial charge on any atom is -0.360 e. The van der Waals surface area contributed by atoms with Crippen molar-refractivity contribution in [1.82, 2.24) is 29.7 Å². The Morgan fingerprint density at radius 2 is 2.06 bits per heavy atom. The number of fused-ring (bicyclic) bond motifs is 2. The molecule has 7 nitrogen and oxygen atoms in total. The minimum atomic E-state index is -0.0643. The van der Waals surface area contributed by atoms with Crippen LogP contribution in [0, 0.1) is 13.8 Å². The molecule has 1 saturated carbocycles. The molecule has 0 amide bonds. The van der Waals surface area contributed by atoms with Gasteiger partial charge in [-0.15, -0.1) is 21.5 Å². The number of rotatable bonds is 5. The van der Waals surface area contributed by atoms with Crippen molar-refractivity contribution in [2.45, 2.75) is 43.6 Å². The number of thioether (sulfide) groups is 1. The van der Waals surface area contributed by atoms with E-state index in [1.807, 2.05) is 32.2 Å². The highest BCUT2D eigenvalue weighted by atomic mass is 32.2. The van der Waals surface area contributed by atoms with Gasteiger partial charge in [0.2, 0.25) is 0 Å². The minimum absolute atomic E-state index is 0.0643. The molecule has 0 bridgehead atoms. The number of nitrogens with zero attached hydrogens (tertiary/aromatic N) is 4. The van der Waals surface area contributed by atoms with Crippen LogP contribution in [0.5, 0.6) is 0 Å². The standard InChI is InChI=1S/C22H20N6OS2/c1-11-12(2)31-21-18(11)20(29)24-17(25-21)10-30-22-27-26-19(28(22)13-7-8-13)15-9-23-16-6-4-3-5-14(15)16/h3-6,9,13,23H,7-8,10H2,1-2H3,(H,24,25,29). The van der Waals surface area contributed by atoms with Crippen molar-refractivity contribution in [3.8, 4) is 11.4 Å². The second-order valence-electron chi connectivity index (χ2n) is 7.92. The number of benzene rings is 1. The third-order valence-electron chi connectivity index (χ3n) is 5.83. The van der Waals surface area contributed by atoms with E-state index in [9.17, 15) is 4.79 Å². The monoisotopic (exact) mass is 448 g/mol. The maximum Gasteiger partial charge on any atom is 0.259 e. The van der Waals surface area contributed by atoms with Gasteiger partial charge in [-0.1, -0.05) is 30.0 Å². The Bertz CT molecular complexity index is 1500. The fraction of sp³-hybridized carbons (Fsp3) is 0.273. The first-order valence-corrected chi connectivity index (χ1v) is 12.0. The van der Waals surface area contributed by atoms with Gasteiger partial charge in [-0.05, 0) is 38.3 Å². The maximum atomic E-state index is 12.6. The Kier molecular flexibility index (Phi) is 4.29. The van der Waals surface area contributed by atoms with Crippen LogP contribution in [0.15, 0.2) is 40.4 Å². The third-order valence-corrected chi connectivity index (χ3v) is 7.89. The predicted molar refractivity (Wildman–Crippen MR) is 125 cm³/mol. The Morgan fingerprint density at radius 1 is 1.23 bits per heavy atom. The molecule has 156 valence electrons. The molecule has 0 atom stereocenters. The summed E-state index contributed by atoms with van der Waals surface area (Å²) in [6.07, 6.45) is 4.28. The Morgan fingerprint density at radius 3 is 2.90 bits per heavy atom. The normalized spacial score (nSPS) is 14.1. The molecular formula is C22H20N6OS2. The summed E-state index contributed by atoms with van der Waals surface area (Å²) < 4.78 is 2.25. The summed E-state index contributed by atoms with van der Waals surface area (Å²) in [5, 5.41) is 11.8. The van der Waals surface area contributed by atoms with Gasteiger partial charge in [0.25, 0.3) is 5.56 Å². The summed E-state index contributed by atoms with van der Waals surface area (Å²) in [5.74, 6) is 2.10. The van der Waals surface area contributed by atoms with Gasteiger partial charge >= 0.3 is 0 Å². The van der Waals surface area contributed by atoms with E-state index in [1.165, 1.54) is 0 Å². The molecular weight excluding hydrogens is 428 g/mol. The first-order valence-electron chi connectivity index (χ1n) is 10.2. The Balaban J connectivity index is 1.35. The molecule has 0 unspecified atom stereocenters. The molecule has 1 fully saturated rings. The van der Waals surface area contributed by atoms with E-state index < -0.39 is 0 Å². The van der Waals surface area contributed by atoms with Crippen molar-refractivity contribution >= 4 is 44.2 Å². The van der Waals surface area contributed by atoms with Crippen molar-refractivity contribution in [3.05, 3.63) is 57.1 Å². The Labute approximate surface area is 185 Å². The van der Waals surface area contributed by atoms with Crippen molar-refractivity contribution in [2.24, 2.45) is 0 Å². The highest BCUT2D eigenvalue weighted by Crippen LogP contribution is 2.42. The van der Waals surface area contributed by atoms with Gasteiger partial charge in [-0.2, -0.15) is 0 Å². The molecule has 0 aliphatic heterocycles. The van der Waals surface area contributed by atoms with Crippen molar-refractivity contribution in [3.63, 3.8) is 0 Å². The van der Waals surface area contributed by atoms with Gasteiger partial charge in [0.05, 0.1) is 11.1 Å². The van der Waals surface area contributed by atoms with Crippen LogP contribution in [0.4, 0.5) is 0 Å². The largest absolute Gasteiger partial charge is 0.360 e. The molecule has 4 aromatic heterocycles. The lowest BCUT2D eigenvalue weighted by molar-refractivity contribution is 0.669. The SMILES string of the molecule is Cc1sc2nc(CSc3nnc(-c4c[nH]c5ccccc45)n3C3CC3)[nH]c(=O)c2c1C. The molecule has 5 aromatic rings. The zero-order valence-corrected chi connectivity index (χ0v) is 18.7. The molecule has 1 aromatic carbocycles. The van der Waals surface area contributed by atoms with Crippen molar-refractivity contribution in [1.29, 1.82) is 0 Å². The first-order chi connectivity index (χ1) is 15.1. The molecule has 0 radical (unpaired) electrons. The van der Waals surface area contributed by atoms with Crippen LogP contribution >= 0.6 is 23.1 Å². The van der Waals surface area contributed by atoms with E-state index in [-0.39, 0.29) is 5.56 Å². The molecule has 0 saturated heterocycles. The van der Waals surface area contributed by atoms with E-state index in [1.54, 1.807) is 23.1 Å². The van der Waals surface area contributed by atoms with Crippen LogP contribution in [0.25, 0.3) is 32.5 Å². The number of para-hydroxylation sites is 1. The lowest BCUT2D eigenvalue weighted by Gasteiger charge is -2.08. The van der Waals surface area contributed by atoms with E-state index in [2.05, 4.69) is 36.9 Å². The smallest absolute Gasteiger partial charge is 0.259 e. The van der Waals surface area contributed by atoms with Gasteiger partial charge in [0.1, 0.15) is 10.7 Å². The van der Waals surface area contributed by atoms with Crippen molar-refractivity contribution < 1.29 is 0 Å². The summed E-state index contributed by atoms with van der Waals surface area (Å²) in [6.45, 7) is 4.00. The van der Waals surface area contributed by atoms with Gasteiger partial charge in [-0.25, -0.2) is 4.98 Å². The number of aromatic nitrogens is 6. The molecule has 6 rings (SSSR count). The van der Waals surface area contributed by atoms with Gasteiger partial charge in [0, 0.05) is 33.6 Å². The number of aromatic amines is 2. The van der Waals surface area contributed by atoms with Gasteiger partial charge < -0.3 is 9.97 Å². The predicted octanol–water partition coefficient (Wildman–Crippen LogP) is 4.97. The Hall–Kier alpha value is -2.91. The lowest BCUT2D eigenvalue weighted by Crippen LogP contribution is -2.11.